The first-order chi connectivity index (χ1) is 61.2. The average Bonchev–Trinajstić information content (AvgIpc) is 1.69. The van der Waals surface area contributed by atoms with E-state index in [2.05, 4.69) is 106 Å². The predicted octanol–water partition coefficient (Wildman–Crippen LogP) is 23.9. The molecular weight excluding hydrogens is 1660 g/mol. The number of aromatic nitrogens is 12. The van der Waals surface area contributed by atoms with Gasteiger partial charge in [0.05, 0.1) is 111 Å². The van der Waals surface area contributed by atoms with Crippen LogP contribution in [0.1, 0.15) is 181 Å². The highest BCUT2D eigenvalue weighted by molar-refractivity contribution is 9.10. The molecule has 0 fully saturated rings. The molecule has 126 heavy (non-hydrogen) atoms. The van der Waals surface area contributed by atoms with Gasteiger partial charge in [-0.15, -0.1) is 0 Å². The molecule has 636 valence electrons. The number of hydrogen-bond acceptors (Lipinski definition) is 13. The molecule has 0 bridgehead atoms. The number of rotatable bonds is 25. The lowest BCUT2D eigenvalue weighted by Gasteiger charge is -2.06. The van der Waals surface area contributed by atoms with Crippen LogP contribution < -0.4 is 4.74 Å². The smallest absolute Gasteiger partial charge is 0.162 e. The SMILES string of the molecule is CCC(=O)c1ccc(Cn2cnc3cc(Br)ccc32)cc1.CCC(=O)c1ccc(Cn2cnc3cc(C)ccc32)cc1.CCC(=O)c1ccc(Cn2cnc3cc(Cl)ccc32)cc1.CCC(=O)c1ccc(Cn2cnc3cc(F)ccc32)cc1.CCC(=O)c1ccc(Cn2cnc3cc(OC)ccc32)cc1.CCC(=O)c1ccc(Cn2cnc3ccccc32)cc1. The maximum atomic E-state index is 13.1. The molecule has 0 unspecified atom stereocenters. The lowest BCUT2D eigenvalue weighted by Crippen LogP contribution is -2.00. The second-order valence-electron chi connectivity index (χ2n) is 30.3. The van der Waals surface area contributed by atoms with Gasteiger partial charge in [-0.25, -0.2) is 34.3 Å². The molecule has 6 heterocycles. The van der Waals surface area contributed by atoms with Gasteiger partial charge in [-0.2, -0.15) is 0 Å². The van der Waals surface area contributed by atoms with Crippen LogP contribution in [0.15, 0.2) is 303 Å². The topological polar surface area (TPSA) is 219 Å². The van der Waals surface area contributed by atoms with Gasteiger partial charge >= 0.3 is 0 Å². The number of ether oxygens (including phenoxy) is 1. The molecule has 0 aliphatic heterocycles. The molecule has 0 saturated heterocycles. The summed E-state index contributed by atoms with van der Waals surface area (Å²) in [6.45, 7) is 17.7. The summed E-state index contributed by atoms with van der Waals surface area (Å²) in [5.41, 5.74) is 24.5. The first kappa shape index (κ1) is 89.7. The van der Waals surface area contributed by atoms with Crippen LogP contribution in [-0.4, -0.2) is 99.1 Å². The summed E-state index contributed by atoms with van der Waals surface area (Å²) in [6, 6.07) is 83.2. The van der Waals surface area contributed by atoms with Crippen LogP contribution in [0.25, 0.3) is 66.2 Å². The Balaban J connectivity index is 0.000000130. The number of imidazole rings is 6. The fourth-order valence-corrected chi connectivity index (χ4v) is 14.9. The van der Waals surface area contributed by atoms with E-state index in [0.717, 1.165) is 159 Å². The highest BCUT2D eigenvalue weighted by Gasteiger charge is 2.15. The zero-order valence-electron chi connectivity index (χ0n) is 71.6. The number of Topliss-reactive ketones (excluding diaryl/α,β-unsaturated/α-hetero) is 6. The number of methoxy groups -OCH3 is 1. The van der Waals surface area contributed by atoms with Gasteiger partial charge in [-0.3, -0.25) is 28.8 Å². The summed E-state index contributed by atoms with van der Waals surface area (Å²) < 4.78 is 31.9. The number of hydrogen-bond donors (Lipinski definition) is 0. The van der Waals surface area contributed by atoms with Crippen molar-refractivity contribution in [2.24, 2.45) is 0 Å². The molecule has 18 aromatic rings. The summed E-state index contributed by atoms with van der Waals surface area (Å²) in [5, 5.41) is 0.690. The first-order valence-electron chi connectivity index (χ1n) is 42.0. The Kier molecular flexibility index (Phi) is 30.5. The quantitative estimate of drug-likeness (QED) is 0.0487. The number of nitrogens with zero attached hydrogens (tertiary/aromatic N) is 12. The van der Waals surface area contributed by atoms with Gasteiger partial charge in [-0.05, 0) is 131 Å². The Morgan fingerprint density at radius 3 is 0.897 bits per heavy atom. The van der Waals surface area contributed by atoms with Crippen molar-refractivity contribution in [1.82, 2.24) is 57.3 Å². The molecule has 0 aliphatic rings. The maximum absolute atomic E-state index is 13.1. The molecule has 0 radical (unpaired) electrons. The molecule has 19 nitrogen and oxygen atoms in total. The molecule has 0 spiro atoms. The molecule has 6 aromatic heterocycles. The standard InChI is InChI=1S/C18H18N2O2.C18H18N2O.C17H15BrN2O.C17H15ClN2O.C17H15FN2O.C17H16N2O/c1-3-18(21)14-6-4-13(5-7-14)11-20-12-19-16-10-15(22-2)8-9-17(16)20;1-3-18(21)15-7-5-14(6-8-15)11-20-12-19-16-10-13(2)4-9-17(16)20;3*1-2-17(21)13-5-3-12(4-6-13)10-20-11-19-15-9-14(18)7-8-16(15)20;1-2-17(20)14-9-7-13(8-10-14)11-19-12-18-15-5-3-4-6-16(15)19/h4-10,12H,3,11H2,1-2H3;4-10,12H,3,11H2,1-2H3;3*3-9,11H,2,10H2,1H3;3-10,12H,2,11H2,1H3. The summed E-state index contributed by atoms with van der Waals surface area (Å²) in [7, 11) is 1.65. The van der Waals surface area contributed by atoms with Crippen molar-refractivity contribution in [1.29, 1.82) is 0 Å². The normalized spacial score (nSPS) is 10.9. The van der Waals surface area contributed by atoms with Crippen molar-refractivity contribution in [2.45, 2.75) is 126 Å². The number of aryl methyl sites for hydroxylation is 1. The van der Waals surface area contributed by atoms with Crippen LogP contribution in [0.4, 0.5) is 4.39 Å². The molecule has 0 saturated carbocycles. The average molecular weight is 1760 g/mol. The van der Waals surface area contributed by atoms with Gasteiger partial charge in [0.2, 0.25) is 0 Å². The minimum absolute atomic E-state index is 0.144. The summed E-state index contributed by atoms with van der Waals surface area (Å²) >= 11 is 9.42. The summed E-state index contributed by atoms with van der Waals surface area (Å²) in [5.74, 6) is 1.56. The highest BCUT2D eigenvalue weighted by Crippen LogP contribution is 2.27. The Bertz CT molecular complexity index is 6280. The van der Waals surface area contributed by atoms with E-state index >= 15 is 0 Å². The van der Waals surface area contributed by atoms with Gasteiger partial charge in [-0.1, -0.05) is 233 Å². The fourth-order valence-electron chi connectivity index (χ4n) is 14.4. The number of carbonyl (C=O) groups excluding carboxylic acids is 6. The van der Waals surface area contributed by atoms with E-state index in [1.807, 2.05) is 290 Å². The van der Waals surface area contributed by atoms with E-state index < -0.39 is 0 Å². The van der Waals surface area contributed by atoms with E-state index in [4.69, 9.17) is 16.3 Å². The van der Waals surface area contributed by atoms with E-state index in [-0.39, 0.29) is 40.5 Å². The van der Waals surface area contributed by atoms with E-state index in [9.17, 15) is 33.2 Å². The Hall–Kier alpha value is -14.0. The largest absolute Gasteiger partial charge is 0.497 e. The highest BCUT2D eigenvalue weighted by atomic mass is 79.9. The van der Waals surface area contributed by atoms with Crippen LogP contribution in [0.2, 0.25) is 5.02 Å². The number of para-hydroxylation sites is 2. The van der Waals surface area contributed by atoms with Crippen LogP contribution in [0.5, 0.6) is 5.75 Å². The van der Waals surface area contributed by atoms with Crippen LogP contribution >= 0.6 is 27.5 Å². The first-order valence-corrected chi connectivity index (χ1v) is 43.2. The number of fused-ring (bicyclic) bond motifs is 6. The number of ketones is 6. The minimum atomic E-state index is -0.282. The van der Waals surface area contributed by atoms with Crippen molar-refractivity contribution in [3.63, 3.8) is 0 Å². The van der Waals surface area contributed by atoms with Gasteiger partial charge < -0.3 is 32.1 Å². The van der Waals surface area contributed by atoms with Crippen molar-refractivity contribution in [3.05, 3.63) is 386 Å². The Morgan fingerprint density at radius 1 is 0.302 bits per heavy atom. The van der Waals surface area contributed by atoms with Gasteiger partial charge in [0.1, 0.15) is 11.6 Å². The third-order valence-electron chi connectivity index (χ3n) is 21.6. The summed E-state index contributed by atoms with van der Waals surface area (Å²) in [6.07, 6.45) is 14.1. The van der Waals surface area contributed by atoms with Crippen LogP contribution in [0.3, 0.4) is 0 Å². The summed E-state index contributed by atoms with van der Waals surface area (Å²) in [4.78, 5) is 95.9. The van der Waals surface area contributed by atoms with Gasteiger partial charge in [0.25, 0.3) is 0 Å². The maximum Gasteiger partial charge on any atom is 0.162 e. The second-order valence-corrected chi connectivity index (χ2v) is 31.7. The van der Waals surface area contributed by atoms with Crippen molar-refractivity contribution >= 4 is 128 Å². The van der Waals surface area contributed by atoms with Crippen molar-refractivity contribution in [3.8, 4) is 5.75 Å². The zero-order chi connectivity index (χ0) is 88.8. The van der Waals surface area contributed by atoms with Gasteiger partial charge in [0, 0.05) is 133 Å². The van der Waals surface area contributed by atoms with Crippen molar-refractivity contribution in [2.75, 3.05) is 7.11 Å². The molecule has 12 aromatic carbocycles. The third-order valence-corrected chi connectivity index (χ3v) is 22.3. The molecule has 0 N–H and O–H groups in total. The molecule has 0 amide bonds. The zero-order valence-corrected chi connectivity index (χ0v) is 74.0. The molecule has 22 heteroatoms. The molecule has 0 aliphatic carbocycles. The fraction of sp³-hybridized carbons (Fsp3) is 0.192. The molecular formula is C104H97BrClFN12O7. The van der Waals surface area contributed by atoms with Crippen LogP contribution in [0, 0.1) is 12.7 Å². The number of benzene rings is 12. The van der Waals surface area contributed by atoms with E-state index in [1.165, 1.54) is 28.8 Å². The van der Waals surface area contributed by atoms with Crippen LogP contribution in [-0.2, 0) is 39.3 Å². The Morgan fingerprint density at radius 2 is 0.563 bits per heavy atom. The number of carbonyl (C=O) groups is 6. The minimum Gasteiger partial charge on any atom is -0.497 e. The predicted molar refractivity (Wildman–Crippen MR) is 503 cm³/mol. The lowest BCUT2D eigenvalue weighted by atomic mass is 10.1. The van der Waals surface area contributed by atoms with E-state index in [1.54, 1.807) is 19.5 Å². The molecule has 0 atom stereocenters. The van der Waals surface area contributed by atoms with E-state index in [0.29, 0.717) is 55.6 Å². The second kappa shape index (κ2) is 42.9. The van der Waals surface area contributed by atoms with Gasteiger partial charge in [0.15, 0.2) is 34.7 Å². The lowest BCUT2D eigenvalue weighted by molar-refractivity contribution is 0.0980. The monoisotopic (exact) mass is 1760 g/mol. The Labute approximate surface area is 744 Å². The third kappa shape index (κ3) is 23.1. The van der Waals surface area contributed by atoms with Crippen molar-refractivity contribution < 1.29 is 37.9 Å². The number of halogens is 3. The molecule has 18 rings (SSSR count).